The van der Waals surface area contributed by atoms with Gasteiger partial charge < -0.3 is 14.9 Å². The largest absolute Gasteiger partial charge is 0.394 e. The molecule has 1 unspecified atom stereocenters. The van der Waals surface area contributed by atoms with Crippen LogP contribution in [0.25, 0.3) is 0 Å². The van der Waals surface area contributed by atoms with Crippen LogP contribution in [0.2, 0.25) is 0 Å². The van der Waals surface area contributed by atoms with Crippen molar-refractivity contribution in [3.8, 4) is 0 Å². The molecule has 3 heterocycles. The third-order valence-electron chi connectivity index (χ3n) is 4.53. The predicted octanol–water partition coefficient (Wildman–Crippen LogP) is 2.17. The minimum Gasteiger partial charge on any atom is -0.394 e. The Bertz CT molecular complexity index is 661. The SMILES string of the molecule is Cc1ccc(CN(C)c2cc(N3CCCCC3CO)ncn2)nc1. The summed E-state index contributed by atoms with van der Waals surface area (Å²) >= 11 is 0. The summed E-state index contributed by atoms with van der Waals surface area (Å²) in [4.78, 5) is 17.5. The van der Waals surface area contributed by atoms with Crippen LogP contribution in [0.1, 0.15) is 30.5 Å². The van der Waals surface area contributed by atoms with E-state index in [-0.39, 0.29) is 12.6 Å². The Kier molecular flexibility index (Phi) is 5.25. The van der Waals surface area contributed by atoms with Crippen LogP contribution in [0.4, 0.5) is 11.6 Å². The van der Waals surface area contributed by atoms with Gasteiger partial charge in [-0.05, 0) is 37.8 Å². The van der Waals surface area contributed by atoms with E-state index >= 15 is 0 Å². The van der Waals surface area contributed by atoms with Crippen LogP contribution < -0.4 is 9.80 Å². The molecule has 1 aliphatic rings. The Morgan fingerprint density at radius 3 is 2.88 bits per heavy atom. The van der Waals surface area contributed by atoms with Crippen LogP contribution in [-0.2, 0) is 6.54 Å². The zero-order chi connectivity index (χ0) is 16.9. The van der Waals surface area contributed by atoms with E-state index in [2.05, 4.69) is 30.8 Å². The first-order chi connectivity index (χ1) is 11.7. The molecule has 24 heavy (non-hydrogen) atoms. The molecule has 1 aliphatic heterocycles. The molecule has 1 N–H and O–H groups in total. The normalized spacial score (nSPS) is 17.8. The van der Waals surface area contributed by atoms with Crippen LogP contribution in [0, 0.1) is 6.92 Å². The maximum Gasteiger partial charge on any atom is 0.134 e. The zero-order valence-corrected chi connectivity index (χ0v) is 14.4. The molecule has 0 radical (unpaired) electrons. The van der Waals surface area contributed by atoms with Crippen molar-refractivity contribution < 1.29 is 5.11 Å². The number of aryl methyl sites for hydroxylation is 1. The van der Waals surface area contributed by atoms with Gasteiger partial charge >= 0.3 is 0 Å². The smallest absolute Gasteiger partial charge is 0.134 e. The number of aliphatic hydroxyl groups excluding tert-OH is 1. The summed E-state index contributed by atoms with van der Waals surface area (Å²) in [7, 11) is 2.01. The summed E-state index contributed by atoms with van der Waals surface area (Å²) in [6, 6.07) is 6.27. The second-order valence-electron chi connectivity index (χ2n) is 6.44. The first-order valence-corrected chi connectivity index (χ1v) is 8.49. The molecule has 0 saturated carbocycles. The van der Waals surface area contributed by atoms with Crippen LogP contribution in [0.3, 0.4) is 0 Å². The molecule has 0 bridgehead atoms. The lowest BCUT2D eigenvalue weighted by Gasteiger charge is -2.35. The molecule has 1 saturated heterocycles. The van der Waals surface area contributed by atoms with E-state index in [1.807, 2.05) is 32.3 Å². The Labute approximate surface area is 143 Å². The highest BCUT2D eigenvalue weighted by molar-refractivity contribution is 5.50. The van der Waals surface area contributed by atoms with Gasteiger partial charge in [-0.25, -0.2) is 9.97 Å². The molecule has 128 valence electrons. The van der Waals surface area contributed by atoms with E-state index in [1.165, 1.54) is 6.42 Å². The number of anilines is 2. The van der Waals surface area contributed by atoms with E-state index < -0.39 is 0 Å². The maximum atomic E-state index is 9.61. The molecule has 0 amide bonds. The van der Waals surface area contributed by atoms with E-state index in [0.29, 0.717) is 6.54 Å². The van der Waals surface area contributed by atoms with Gasteiger partial charge in [0.15, 0.2) is 0 Å². The molecule has 3 rings (SSSR count). The highest BCUT2D eigenvalue weighted by atomic mass is 16.3. The van der Waals surface area contributed by atoms with Gasteiger partial charge in [0.25, 0.3) is 0 Å². The molecule has 6 heteroatoms. The summed E-state index contributed by atoms with van der Waals surface area (Å²) in [5.74, 6) is 1.76. The number of pyridine rings is 1. The van der Waals surface area contributed by atoms with Crippen molar-refractivity contribution in [3.05, 3.63) is 42.0 Å². The zero-order valence-electron chi connectivity index (χ0n) is 14.4. The van der Waals surface area contributed by atoms with Crippen LogP contribution in [-0.4, -0.2) is 46.3 Å². The Morgan fingerprint density at radius 1 is 1.25 bits per heavy atom. The number of hydrogen-bond acceptors (Lipinski definition) is 6. The summed E-state index contributed by atoms with van der Waals surface area (Å²) < 4.78 is 0. The monoisotopic (exact) mass is 327 g/mol. The third kappa shape index (κ3) is 3.82. The van der Waals surface area contributed by atoms with E-state index in [0.717, 1.165) is 42.3 Å². The first kappa shape index (κ1) is 16.6. The molecule has 0 aliphatic carbocycles. The van der Waals surface area contributed by atoms with Crippen LogP contribution >= 0.6 is 0 Å². The average molecular weight is 327 g/mol. The highest BCUT2D eigenvalue weighted by Gasteiger charge is 2.23. The molecule has 1 atom stereocenters. The molecule has 1 fully saturated rings. The maximum absolute atomic E-state index is 9.61. The van der Waals surface area contributed by atoms with E-state index in [4.69, 9.17) is 0 Å². The lowest BCUT2D eigenvalue weighted by molar-refractivity contribution is 0.239. The van der Waals surface area contributed by atoms with Crippen molar-refractivity contribution in [1.29, 1.82) is 0 Å². The van der Waals surface area contributed by atoms with Gasteiger partial charge in [-0.1, -0.05) is 6.07 Å². The molecular weight excluding hydrogens is 302 g/mol. The third-order valence-corrected chi connectivity index (χ3v) is 4.53. The number of aliphatic hydroxyl groups is 1. The number of hydrogen-bond donors (Lipinski definition) is 1. The van der Waals surface area contributed by atoms with Crippen molar-refractivity contribution in [3.63, 3.8) is 0 Å². The lowest BCUT2D eigenvalue weighted by Crippen LogP contribution is -2.42. The molecule has 2 aromatic rings. The summed E-state index contributed by atoms with van der Waals surface area (Å²) in [6.45, 7) is 3.83. The summed E-state index contributed by atoms with van der Waals surface area (Å²) in [5, 5.41) is 9.61. The molecule has 0 spiro atoms. The number of nitrogens with zero attached hydrogens (tertiary/aromatic N) is 5. The number of piperidine rings is 1. The van der Waals surface area contributed by atoms with Gasteiger partial charge in [0.05, 0.1) is 24.9 Å². The van der Waals surface area contributed by atoms with Gasteiger partial charge in [-0.2, -0.15) is 0 Å². The lowest BCUT2D eigenvalue weighted by atomic mass is 10.0. The Morgan fingerprint density at radius 2 is 2.12 bits per heavy atom. The van der Waals surface area contributed by atoms with Gasteiger partial charge in [0, 0.05) is 25.9 Å². The highest BCUT2D eigenvalue weighted by Crippen LogP contribution is 2.25. The summed E-state index contributed by atoms with van der Waals surface area (Å²) in [5.41, 5.74) is 2.17. The molecule has 6 nitrogen and oxygen atoms in total. The van der Waals surface area contributed by atoms with Crippen molar-refractivity contribution in [1.82, 2.24) is 15.0 Å². The van der Waals surface area contributed by atoms with Crippen molar-refractivity contribution in [2.45, 2.75) is 38.8 Å². The second-order valence-corrected chi connectivity index (χ2v) is 6.44. The minimum absolute atomic E-state index is 0.158. The van der Waals surface area contributed by atoms with Crippen molar-refractivity contribution >= 4 is 11.6 Å². The number of aromatic nitrogens is 3. The van der Waals surface area contributed by atoms with Crippen molar-refractivity contribution in [2.24, 2.45) is 0 Å². The Balaban J connectivity index is 1.75. The van der Waals surface area contributed by atoms with Gasteiger partial charge in [0.2, 0.25) is 0 Å². The standard InChI is InChI=1S/C18H25N5O/c1-14-6-7-15(19-10-14)11-22(2)17-9-18(21-13-20-17)23-8-4-3-5-16(23)12-24/h6-7,9-10,13,16,24H,3-5,8,11-12H2,1-2H3. The van der Waals surface area contributed by atoms with Crippen molar-refractivity contribution in [2.75, 3.05) is 30.0 Å². The summed E-state index contributed by atoms with van der Waals surface area (Å²) in [6.07, 6.45) is 6.80. The number of rotatable bonds is 5. The van der Waals surface area contributed by atoms with E-state index in [9.17, 15) is 5.11 Å². The average Bonchev–Trinajstić information content (AvgIpc) is 2.63. The topological polar surface area (TPSA) is 65.4 Å². The van der Waals surface area contributed by atoms with Gasteiger partial charge in [-0.15, -0.1) is 0 Å². The second kappa shape index (κ2) is 7.57. The minimum atomic E-state index is 0.158. The molecule has 0 aromatic carbocycles. The molecular formula is C18H25N5O. The quantitative estimate of drug-likeness (QED) is 0.908. The predicted molar refractivity (Wildman–Crippen MR) is 95.2 cm³/mol. The van der Waals surface area contributed by atoms with Gasteiger partial charge in [-0.3, -0.25) is 4.98 Å². The Hall–Kier alpha value is -2.21. The fourth-order valence-electron chi connectivity index (χ4n) is 3.11. The van der Waals surface area contributed by atoms with E-state index in [1.54, 1.807) is 6.33 Å². The molecule has 2 aromatic heterocycles. The fraction of sp³-hybridized carbons (Fsp3) is 0.500. The van der Waals surface area contributed by atoms with Gasteiger partial charge in [0.1, 0.15) is 18.0 Å². The fourth-order valence-corrected chi connectivity index (χ4v) is 3.11. The van der Waals surface area contributed by atoms with Crippen LogP contribution in [0.15, 0.2) is 30.7 Å². The first-order valence-electron chi connectivity index (χ1n) is 8.49. The van der Waals surface area contributed by atoms with Crippen LogP contribution in [0.5, 0.6) is 0 Å².